The summed E-state index contributed by atoms with van der Waals surface area (Å²) in [6.45, 7) is 0. The number of alkyl halides is 3. The lowest BCUT2D eigenvalue weighted by molar-refractivity contribution is -0.137. The van der Waals surface area contributed by atoms with E-state index in [1.54, 1.807) is 19.0 Å². The Morgan fingerprint density at radius 3 is 2.32 bits per heavy atom. The van der Waals surface area contributed by atoms with E-state index < -0.39 is 29.6 Å². The van der Waals surface area contributed by atoms with Gasteiger partial charge in [0.15, 0.2) is 0 Å². The number of nitrogens with zero attached hydrogens (tertiary/aromatic N) is 1. The van der Waals surface area contributed by atoms with E-state index in [0.29, 0.717) is 18.4 Å². The number of rotatable bonds is 4. The molecule has 1 aromatic carbocycles. The van der Waals surface area contributed by atoms with Crippen LogP contribution in [0.15, 0.2) is 24.3 Å². The fourth-order valence-electron chi connectivity index (χ4n) is 3.90. The standard InChI is InChI=1S/C19H25F3N4O2/c1-26(2)17-23-14(11-15(27)24-17)16(28)25-18(9-3-4-10-18)12-5-7-13(8-6-12)19(20,21)22/h5-8,14,17,23H,3-4,9-11H2,1-2H3,(H,24,27)(H,25,28). The normalized spacial score (nSPS) is 24.9. The molecule has 0 bridgehead atoms. The maximum atomic E-state index is 12.9. The number of amides is 2. The van der Waals surface area contributed by atoms with Gasteiger partial charge in [-0.1, -0.05) is 25.0 Å². The monoisotopic (exact) mass is 398 g/mol. The minimum absolute atomic E-state index is 0.0132. The predicted octanol–water partition coefficient (Wildman–Crippen LogP) is 1.91. The molecule has 2 fully saturated rings. The molecule has 28 heavy (non-hydrogen) atoms. The van der Waals surface area contributed by atoms with Crippen LogP contribution in [0.3, 0.4) is 0 Å². The molecular weight excluding hydrogens is 373 g/mol. The van der Waals surface area contributed by atoms with Gasteiger partial charge in [0, 0.05) is 0 Å². The lowest BCUT2D eigenvalue weighted by Gasteiger charge is -2.37. The van der Waals surface area contributed by atoms with Gasteiger partial charge >= 0.3 is 6.18 Å². The van der Waals surface area contributed by atoms with Gasteiger partial charge in [0.05, 0.1) is 23.6 Å². The summed E-state index contributed by atoms with van der Waals surface area (Å²) in [5, 5.41) is 8.87. The molecule has 0 spiro atoms. The van der Waals surface area contributed by atoms with Crippen molar-refractivity contribution in [1.29, 1.82) is 0 Å². The van der Waals surface area contributed by atoms with E-state index in [4.69, 9.17) is 0 Å². The van der Waals surface area contributed by atoms with Crippen molar-refractivity contribution in [3.8, 4) is 0 Å². The summed E-state index contributed by atoms with van der Waals surface area (Å²) in [7, 11) is 3.55. The van der Waals surface area contributed by atoms with Gasteiger partial charge in [-0.05, 0) is 44.6 Å². The first-order valence-corrected chi connectivity index (χ1v) is 9.32. The number of benzene rings is 1. The maximum absolute atomic E-state index is 12.9. The fraction of sp³-hybridized carbons (Fsp3) is 0.579. The van der Waals surface area contributed by atoms with E-state index in [9.17, 15) is 22.8 Å². The van der Waals surface area contributed by atoms with Crippen LogP contribution < -0.4 is 16.0 Å². The molecule has 1 saturated carbocycles. The summed E-state index contributed by atoms with van der Waals surface area (Å²) in [6.07, 6.45) is -1.78. The van der Waals surface area contributed by atoms with Gasteiger partial charge in [-0.25, -0.2) is 0 Å². The lowest BCUT2D eigenvalue weighted by atomic mass is 9.87. The molecule has 154 valence electrons. The van der Waals surface area contributed by atoms with Crippen LogP contribution >= 0.6 is 0 Å². The van der Waals surface area contributed by atoms with Crippen molar-refractivity contribution >= 4 is 11.8 Å². The Hall–Kier alpha value is -2.13. The molecular formula is C19H25F3N4O2. The zero-order valence-electron chi connectivity index (χ0n) is 15.9. The number of hydrogen-bond acceptors (Lipinski definition) is 4. The summed E-state index contributed by atoms with van der Waals surface area (Å²) >= 11 is 0. The Morgan fingerprint density at radius 2 is 1.79 bits per heavy atom. The van der Waals surface area contributed by atoms with E-state index in [2.05, 4.69) is 16.0 Å². The molecule has 0 aromatic heterocycles. The van der Waals surface area contributed by atoms with Gasteiger partial charge in [0.25, 0.3) is 0 Å². The second kappa shape index (κ2) is 7.71. The van der Waals surface area contributed by atoms with Crippen LogP contribution in [0.1, 0.15) is 43.2 Å². The summed E-state index contributed by atoms with van der Waals surface area (Å²) in [5.41, 5.74) is -0.754. The molecule has 2 amide bonds. The van der Waals surface area contributed by atoms with Crippen molar-refractivity contribution in [2.75, 3.05) is 14.1 Å². The van der Waals surface area contributed by atoms with Crippen molar-refractivity contribution < 1.29 is 22.8 Å². The quantitative estimate of drug-likeness (QED) is 0.725. The summed E-state index contributed by atoms with van der Waals surface area (Å²) in [5.74, 6) is -0.545. The Balaban J connectivity index is 1.79. The smallest absolute Gasteiger partial charge is 0.345 e. The van der Waals surface area contributed by atoms with Crippen molar-refractivity contribution in [3.05, 3.63) is 35.4 Å². The van der Waals surface area contributed by atoms with Gasteiger partial charge in [-0.3, -0.25) is 19.8 Å². The van der Waals surface area contributed by atoms with Crippen LogP contribution in [-0.4, -0.2) is 43.1 Å². The Bertz CT molecular complexity index is 728. The molecule has 1 aliphatic carbocycles. The first kappa shape index (κ1) is 20.6. The number of halogens is 3. The first-order valence-electron chi connectivity index (χ1n) is 9.32. The summed E-state index contributed by atoms with van der Waals surface area (Å²) in [4.78, 5) is 26.6. The average molecular weight is 398 g/mol. The molecule has 1 heterocycles. The van der Waals surface area contributed by atoms with Gasteiger partial charge in [-0.2, -0.15) is 13.2 Å². The molecule has 3 N–H and O–H groups in total. The largest absolute Gasteiger partial charge is 0.416 e. The molecule has 3 rings (SSSR count). The third-order valence-corrected chi connectivity index (χ3v) is 5.46. The summed E-state index contributed by atoms with van der Waals surface area (Å²) in [6, 6.07) is 4.29. The maximum Gasteiger partial charge on any atom is 0.416 e. The minimum atomic E-state index is -4.40. The number of nitrogens with one attached hydrogen (secondary N) is 3. The Kier molecular flexibility index (Phi) is 5.67. The van der Waals surface area contributed by atoms with E-state index in [1.807, 2.05) is 0 Å². The second-order valence-electron chi connectivity index (χ2n) is 7.71. The van der Waals surface area contributed by atoms with Gasteiger partial charge in [0.2, 0.25) is 11.8 Å². The third-order valence-electron chi connectivity index (χ3n) is 5.46. The molecule has 1 saturated heterocycles. The molecule has 2 aliphatic rings. The first-order chi connectivity index (χ1) is 13.1. The average Bonchev–Trinajstić information content (AvgIpc) is 3.10. The van der Waals surface area contributed by atoms with Crippen LogP contribution in [0.4, 0.5) is 13.2 Å². The van der Waals surface area contributed by atoms with E-state index >= 15 is 0 Å². The molecule has 0 radical (unpaired) electrons. The van der Waals surface area contributed by atoms with E-state index in [1.165, 1.54) is 12.1 Å². The highest BCUT2D eigenvalue weighted by atomic mass is 19.4. The molecule has 9 heteroatoms. The highest BCUT2D eigenvalue weighted by Crippen LogP contribution is 2.40. The molecule has 6 nitrogen and oxygen atoms in total. The lowest BCUT2D eigenvalue weighted by Crippen LogP contribution is -2.66. The zero-order chi connectivity index (χ0) is 20.5. The minimum Gasteiger partial charge on any atom is -0.345 e. The molecule has 1 aromatic rings. The number of carbonyl (C=O) groups excluding carboxylic acids is 2. The number of carbonyl (C=O) groups is 2. The van der Waals surface area contributed by atoms with Crippen LogP contribution in [0.25, 0.3) is 0 Å². The molecule has 2 unspecified atom stereocenters. The molecule has 2 atom stereocenters. The van der Waals surface area contributed by atoms with Crippen LogP contribution in [0.5, 0.6) is 0 Å². The number of hydrogen-bond donors (Lipinski definition) is 3. The third kappa shape index (κ3) is 4.30. The van der Waals surface area contributed by atoms with Crippen LogP contribution in [0, 0.1) is 0 Å². The molecule has 1 aliphatic heterocycles. The highest BCUT2D eigenvalue weighted by Gasteiger charge is 2.41. The van der Waals surface area contributed by atoms with Gasteiger partial charge in [0.1, 0.15) is 6.29 Å². The highest BCUT2D eigenvalue weighted by molar-refractivity contribution is 5.90. The Morgan fingerprint density at radius 1 is 1.18 bits per heavy atom. The second-order valence-corrected chi connectivity index (χ2v) is 7.71. The predicted molar refractivity (Wildman–Crippen MR) is 96.9 cm³/mol. The van der Waals surface area contributed by atoms with Gasteiger partial charge < -0.3 is 10.6 Å². The van der Waals surface area contributed by atoms with Crippen molar-refractivity contribution in [2.45, 2.75) is 56.2 Å². The Labute approximate surface area is 161 Å². The van der Waals surface area contributed by atoms with Crippen molar-refractivity contribution in [3.63, 3.8) is 0 Å². The van der Waals surface area contributed by atoms with Crippen LogP contribution in [0.2, 0.25) is 0 Å². The fourth-order valence-corrected chi connectivity index (χ4v) is 3.90. The van der Waals surface area contributed by atoms with E-state index in [-0.39, 0.29) is 18.2 Å². The van der Waals surface area contributed by atoms with Crippen LogP contribution in [-0.2, 0) is 21.3 Å². The van der Waals surface area contributed by atoms with Crippen molar-refractivity contribution in [2.24, 2.45) is 0 Å². The zero-order valence-corrected chi connectivity index (χ0v) is 15.9. The topological polar surface area (TPSA) is 73.5 Å². The SMILES string of the molecule is CN(C)C1NC(=O)CC(C(=O)NC2(c3ccc(C(F)(F)F)cc3)CCCC2)N1. The summed E-state index contributed by atoms with van der Waals surface area (Å²) < 4.78 is 38.6. The van der Waals surface area contributed by atoms with Gasteiger partial charge in [-0.15, -0.1) is 0 Å². The van der Waals surface area contributed by atoms with E-state index in [0.717, 1.165) is 25.0 Å². The van der Waals surface area contributed by atoms with Crippen molar-refractivity contribution in [1.82, 2.24) is 20.9 Å².